The Bertz CT molecular complexity index is 774. The van der Waals surface area contributed by atoms with Crippen molar-refractivity contribution in [3.05, 3.63) is 70.3 Å². The van der Waals surface area contributed by atoms with Crippen molar-refractivity contribution in [3.63, 3.8) is 0 Å². The van der Waals surface area contributed by atoms with Crippen LogP contribution in [0, 0.1) is 0 Å². The Balaban J connectivity index is 1.94. The Morgan fingerprint density at radius 1 is 1.05 bits per heavy atom. The van der Waals surface area contributed by atoms with Crippen LogP contribution in [0.25, 0.3) is 10.8 Å². The lowest BCUT2D eigenvalue weighted by atomic mass is 10.1. The normalized spacial score (nSPS) is 10.8. The first-order chi connectivity index (χ1) is 10.3. The number of benzene rings is 2. The van der Waals surface area contributed by atoms with Gasteiger partial charge in [0.15, 0.2) is 0 Å². The Hall–Kier alpha value is -1.91. The Kier molecular flexibility index (Phi) is 4.18. The van der Waals surface area contributed by atoms with Crippen molar-refractivity contribution in [3.8, 4) is 5.88 Å². The molecule has 0 spiro atoms. The predicted octanol–water partition coefficient (Wildman–Crippen LogP) is 4.04. The van der Waals surface area contributed by atoms with Crippen LogP contribution in [0.3, 0.4) is 0 Å². The van der Waals surface area contributed by atoms with E-state index in [-0.39, 0.29) is 0 Å². The smallest absolute Gasteiger partial charge is 0.221 e. The van der Waals surface area contributed by atoms with E-state index in [1.165, 1.54) is 0 Å². The summed E-state index contributed by atoms with van der Waals surface area (Å²) >= 11 is 3.53. The van der Waals surface area contributed by atoms with E-state index in [1.54, 1.807) is 0 Å². The van der Waals surface area contributed by atoms with Crippen LogP contribution in [0.15, 0.2) is 59.1 Å². The number of nitrogens with zero attached hydrogens (tertiary/aromatic N) is 1. The second kappa shape index (κ2) is 6.24. The predicted molar refractivity (Wildman–Crippen MR) is 88.1 cm³/mol. The number of nitrogens with two attached hydrogens (primary N) is 1. The molecule has 0 aliphatic carbocycles. The highest BCUT2D eigenvalue weighted by atomic mass is 79.9. The van der Waals surface area contributed by atoms with E-state index < -0.39 is 0 Å². The summed E-state index contributed by atoms with van der Waals surface area (Å²) in [7, 11) is 0. The summed E-state index contributed by atoms with van der Waals surface area (Å²) < 4.78 is 6.96. The van der Waals surface area contributed by atoms with Gasteiger partial charge < -0.3 is 10.5 Å². The fourth-order valence-corrected chi connectivity index (χ4v) is 2.60. The number of fused-ring (bicyclic) bond motifs is 1. The van der Waals surface area contributed by atoms with Crippen LogP contribution in [0.4, 0.5) is 0 Å². The van der Waals surface area contributed by atoms with Crippen molar-refractivity contribution < 1.29 is 4.74 Å². The maximum absolute atomic E-state index is 5.93. The molecule has 2 aromatic carbocycles. The Morgan fingerprint density at radius 3 is 2.62 bits per heavy atom. The van der Waals surface area contributed by atoms with Gasteiger partial charge in [-0.15, -0.1) is 0 Å². The summed E-state index contributed by atoms with van der Waals surface area (Å²) in [5.41, 5.74) is 7.63. The van der Waals surface area contributed by atoms with Gasteiger partial charge in [0.25, 0.3) is 0 Å². The third kappa shape index (κ3) is 3.06. The van der Waals surface area contributed by atoms with Crippen LogP contribution in [0.2, 0.25) is 0 Å². The van der Waals surface area contributed by atoms with Crippen molar-refractivity contribution in [2.24, 2.45) is 5.73 Å². The molecule has 2 N–H and O–H groups in total. The number of hydrogen-bond acceptors (Lipinski definition) is 3. The number of hydrogen-bond donors (Lipinski definition) is 1. The number of rotatable bonds is 4. The molecule has 1 aromatic heterocycles. The highest BCUT2D eigenvalue weighted by Gasteiger charge is 2.07. The number of pyridine rings is 1. The van der Waals surface area contributed by atoms with Crippen molar-refractivity contribution in [2.45, 2.75) is 13.2 Å². The van der Waals surface area contributed by atoms with Crippen LogP contribution < -0.4 is 10.5 Å². The molecule has 3 nitrogen and oxygen atoms in total. The molecule has 1 heterocycles. The van der Waals surface area contributed by atoms with Gasteiger partial charge in [-0.05, 0) is 23.6 Å². The topological polar surface area (TPSA) is 48.1 Å². The first-order valence-electron chi connectivity index (χ1n) is 6.73. The van der Waals surface area contributed by atoms with E-state index in [4.69, 9.17) is 10.5 Å². The molecule has 0 saturated carbocycles. The molecule has 21 heavy (non-hydrogen) atoms. The van der Waals surface area contributed by atoms with Gasteiger partial charge in [-0.25, -0.2) is 4.98 Å². The monoisotopic (exact) mass is 342 g/mol. The molecular formula is C17H15BrN2O. The highest BCUT2D eigenvalue weighted by Crippen LogP contribution is 2.26. The fraction of sp³-hybridized carbons (Fsp3) is 0.118. The van der Waals surface area contributed by atoms with E-state index in [0.29, 0.717) is 19.0 Å². The molecule has 0 aliphatic rings. The Labute approximate surface area is 131 Å². The lowest BCUT2D eigenvalue weighted by Crippen LogP contribution is -2.04. The lowest BCUT2D eigenvalue weighted by Gasteiger charge is -2.11. The minimum absolute atomic E-state index is 0.399. The molecule has 4 heteroatoms. The molecular weight excluding hydrogens is 328 g/mol. The molecule has 0 amide bonds. The minimum atomic E-state index is 0.399. The van der Waals surface area contributed by atoms with E-state index in [9.17, 15) is 0 Å². The zero-order chi connectivity index (χ0) is 14.7. The molecule has 0 aliphatic heterocycles. The maximum atomic E-state index is 5.93. The van der Waals surface area contributed by atoms with Crippen LogP contribution in [-0.2, 0) is 13.2 Å². The molecule has 0 atom stereocenters. The molecule has 0 saturated heterocycles. The Morgan fingerprint density at radius 2 is 1.81 bits per heavy atom. The molecule has 106 valence electrons. The average Bonchev–Trinajstić information content (AvgIpc) is 2.53. The van der Waals surface area contributed by atoms with Crippen LogP contribution in [-0.4, -0.2) is 4.98 Å². The van der Waals surface area contributed by atoms with Gasteiger partial charge >= 0.3 is 0 Å². The van der Waals surface area contributed by atoms with E-state index >= 15 is 0 Å². The van der Waals surface area contributed by atoms with Crippen LogP contribution in [0.5, 0.6) is 5.88 Å². The molecule has 0 unspecified atom stereocenters. The summed E-state index contributed by atoms with van der Waals surface area (Å²) in [5, 5.41) is 2.09. The molecule has 0 radical (unpaired) electrons. The highest BCUT2D eigenvalue weighted by molar-refractivity contribution is 9.10. The largest absolute Gasteiger partial charge is 0.472 e. The number of aromatic nitrogens is 1. The first-order valence-corrected chi connectivity index (χ1v) is 7.52. The van der Waals surface area contributed by atoms with Crippen molar-refractivity contribution in [2.75, 3.05) is 0 Å². The lowest BCUT2D eigenvalue weighted by molar-refractivity contribution is 0.296. The third-order valence-corrected chi connectivity index (χ3v) is 4.06. The zero-order valence-electron chi connectivity index (χ0n) is 11.4. The van der Waals surface area contributed by atoms with Crippen LogP contribution in [0.1, 0.15) is 11.3 Å². The van der Waals surface area contributed by atoms with Gasteiger partial charge in [-0.3, -0.25) is 0 Å². The minimum Gasteiger partial charge on any atom is -0.472 e. The molecule has 0 bridgehead atoms. The fourth-order valence-electron chi connectivity index (χ4n) is 2.20. The van der Waals surface area contributed by atoms with E-state index in [2.05, 4.69) is 20.9 Å². The number of halogens is 1. The maximum Gasteiger partial charge on any atom is 0.221 e. The zero-order valence-corrected chi connectivity index (χ0v) is 13.0. The molecule has 3 rings (SSSR count). The number of ether oxygens (including phenoxy) is 1. The molecule has 3 aromatic rings. The first kappa shape index (κ1) is 14.0. The van der Waals surface area contributed by atoms with Gasteiger partial charge in [-0.1, -0.05) is 52.3 Å². The second-order valence-electron chi connectivity index (χ2n) is 4.72. The summed E-state index contributed by atoms with van der Waals surface area (Å²) in [5.74, 6) is 0.629. The standard InChI is InChI=1S/C17H15BrN2O/c18-16-8-4-2-6-13(16)11-21-17-15-7-3-1-5-12(15)9-14(10-19)20-17/h1-9H,10-11,19H2. The van der Waals surface area contributed by atoms with Crippen molar-refractivity contribution in [1.82, 2.24) is 4.98 Å². The van der Waals surface area contributed by atoms with Gasteiger partial charge in [0, 0.05) is 22.0 Å². The van der Waals surface area contributed by atoms with E-state index in [1.807, 2.05) is 54.6 Å². The molecule has 0 fully saturated rings. The van der Waals surface area contributed by atoms with Gasteiger partial charge in [0.2, 0.25) is 5.88 Å². The quantitative estimate of drug-likeness (QED) is 0.778. The van der Waals surface area contributed by atoms with Crippen LogP contribution >= 0.6 is 15.9 Å². The average molecular weight is 343 g/mol. The SMILES string of the molecule is NCc1cc2ccccc2c(OCc2ccccc2Br)n1. The van der Waals surface area contributed by atoms with Gasteiger partial charge in [-0.2, -0.15) is 0 Å². The third-order valence-electron chi connectivity index (χ3n) is 3.29. The van der Waals surface area contributed by atoms with Crippen molar-refractivity contribution in [1.29, 1.82) is 0 Å². The van der Waals surface area contributed by atoms with Crippen molar-refractivity contribution >= 4 is 26.7 Å². The second-order valence-corrected chi connectivity index (χ2v) is 5.58. The summed E-state index contributed by atoms with van der Waals surface area (Å²) in [6.45, 7) is 0.864. The summed E-state index contributed by atoms with van der Waals surface area (Å²) in [6.07, 6.45) is 0. The summed E-state index contributed by atoms with van der Waals surface area (Å²) in [6, 6.07) is 18.0. The van der Waals surface area contributed by atoms with E-state index in [0.717, 1.165) is 26.5 Å². The van der Waals surface area contributed by atoms with Gasteiger partial charge in [0.05, 0.1) is 5.69 Å². The van der Waals surface area contributed by atoms with Gasteiger partial charge in [0.1, 0.15) is 6.61 Å². The summed E-state index contributed by atoms with van der Waals surface area (Å²) in [4.78, 5) is 4.50.